The molecule has 9 heteroatoms. The van der Waals surface area contributed by atoms with Crippen molar-refractivity contribution in [2.45, 2.75) is 50.6 Å². The lowest BCUT2D eigenvalue weighted by Gasteiger charge is -2.26. The predicted octanol–water partition coefficient (Wildman–Crippen LogP) is 1.18. The highest BCUT2D eigenvalue weighted by Gasteiger charge is 2.38. The fourth-order valence-corrected chi connectivity index (χ4v) is 7.55. The number of fused-ring (bicyclic) bond motifs is 1. The van der Waals surface area contributed by atoms with Crippen molar-refractivity contribution in [2.75, 3.05) is 23.0 Å². The van der Waals surface area contributed by atoms with Crippen molar-refractivity contribution in [1.82, 2.24) is 4.31 Å². The van der Waals surface area contributed by atoms with E-state index in [1.807, 2.05) is 6.92 Å². The van der Waals surface area contributed by atoms with Crippen LogP contribution in [0.1, 0.15) is 32.8 Å². The Kier molecular flexibility index (Phi) is 4.91. The molecule has 1 amide bonds. The Hall–Kier alpha value is -1.45. The average Bonchev–Trinajstić information content (AvgIpc) is 3.05. The zero-order chi connectivity index (χ0) is 19.3. The third-order valence-electron chi connectivity index (χ3n) is 5.14. The van der Waals surface area contributed by atoms with Crippen molar-refractivity contribution >= 4 is 31.5 Å². The van der Waals surface area contributed by atoms with E-state index >= 15 is 0 Å². The Morgan fingerprint density at radius 1 is 1.35 bits per heavy atom. The molecule has 0 aromatic heterocycles. The zero-order valence-electron chi connectivity index (χ0n) is 15.2. The number of nitrogens with zero attached hydrogens (tertiary/aromatic N) is 2. The molecule has 1 aromatic rings. The minimum absolute atomic E-state index is 0.0114. The van der Waals surface area contributed by atoms with Crippen LogP contribution in [-0.4, -0.2) is 57.2 Å². The van der Waals surface area contributed by atoms with Gasteiger partial charge in [-0.25, -0.2) is 16.8 Å². The molecule has 1 saturated heterocycles. The monoisotopic (exact) mass is 400 g/mol. The van der Waals surface area contributed by atoms with Crippen molar-refractivity contribution < 1.29 is 21.6 Å². The van der Waals surface area contributed by atoms with E-state index in [1.165, 1.54) is 17.3 Å². The van der Waals surface area contributed by atoms with E-state index in [0.29, 0.717) is 12.8 Å². The summed E-state index contributed by atoms with van der Waals surface area (Å²) in [6.07, 6.45) is 0.928. The summed E-state index contributed by atoms with van der Waals surface area (Å²) in [5, 5.41) is 0. The van der Waals surface area contributed by atoms with Gasteiger partial charge in [0.15, 0.2) is 9.84 Å². The van der Waals surface area contributed by atoms with Crippen LogP contribution in [0.5, 0.6) is 0 Å². The average molecular weight is 401 g/mol. The van der Waals surface area contributed by atoms with Gasteiger partial charge in [0.2, 0.25) is 15.9 Å². The maximum atomic E-state index is 13.1. The third kappa shape index (κ3) is 3.27. The zero-order valence-corrected chi connectivity index (χ0v) is 16.8. The van der Waals surface area contributed by atoms with Gasteiger partial charge < -0.3 is 4.90 Å². The Labute approximate surface area is 155 Å². The molecule has 26 heavy (non-hydrogen) atoms. The lowest BCUT2D eigenvalue weighted by Crippen LogP contribution is -2.40. The molecule has 2 heterocycles. The lowest BCUT2D eigenvalue weighted by molar-refractivity contribution is -0.116. The van der Waals surface area contributed by atoms with Crippen LogP contribution in [0.4, 0.5) is 5.69 Å². The molecule has 0 saturated carbocycles. The standard InChI is InChI=1S/C17H24N2O5S2/c1-4-18(15-7-8-25(21,22)11-15)26(23,24)16-5-6-17-14(10-16)9-12(2)19(17)13(3)20/h5-6,10,12,15H,4,7-9,11H2,1-3H3/t12-,15+/m0/s1. The van der Waals surface area contributed by atoms with Crippen molar-refractivity contribution in [3.05, 3.63) is 23.8 Å². The number of anilines is 1. The first-order valence-electron chi connectivity index (χ1n) is 8.72. The maximum Gasteiger partial charge on any atom is 0.243 e. The highest BCUT2D eigenvalue weighted by atomic mass is 32.2. The predicted molar refractivity (Wildman–Crippen MR) is 99.4 cm³/mol. The van der Waals surface area contributed by atoms with Crippen LogP contribution in [-0.2, 0) is 31.1 Å². The van der Waals surface area contributed by atoms with Gasteiger partial charge in [0.1, 0.15) is 0 Å². The summed E-state index contributed by atoms with van der Waals surface area (Å²) in [7, 11) is -6.97. The number of sulfonamides is 1. The Morgan fingerprint density at radius 3 is 2.58 bits per heavy atom. The summed E-state index contributed by atoms with van der Waals surface area (Å²) in [5.74, 6) is -0.169. The van der Waals surface area contributed by atoms with E-state index in [-0.39, 0.29) is 34.9 Å². The molecular weight excluding hydrogens is 376 g/mol. The van der Waals surface area contributed by atoms with Gasteiger partial charge in [-0.1, -0.05) is 6.92 Å². The highest BCUT2D eigenvalue weighted by Crippen LogP contribution is 2.35. The number of carbonyl (C=O) groups excluding carboxylic acids is 1. The largest absolute Gasteiger partial charge is 0.309 e. The molecule has 2 aliphatic rings. The number of amides is 1. The van der Waals surface area contributed by atoms with Gasteiger partial charge in [0.25, 0.3) is 0 Å². The fraction of sp³-hybridized carbons (Fsp3) is 0.588. The quantitative estimate of drug-likeness (QED) is 0.757. The second-order valence-electron chi connectivity index (χ2n) is 7.00. The van der Waals surface area contributed by atoms with Crippen LogP contribution in [0.25, 0.3) is 0 Å². The number of rotatable bonds is 4. The fourth-order valence-electron chi connectivity index (χ4n) is 4.01. The molecule has 2 atom stereocenters. The molecule has 3 rings (SSSR count). The minimum Gasteiger partial charge on any atom is -0.309 e. The second kappa shape index (κ2) is 6.61. The van der Waals surface area contributed by atoms with Crippen molar-refractivity contribution in [3.8, 4) is 0 Å². The molecule has 0 radical (unpaired) electrons. The molecule has 0 N–H and O–H groups in total. The van der Waals surface area contributed by atoms with E-state index in [2.05, 4.69) is 0 Å². The molecule has 2 aliphatic heterocycles. The van der Waals surface area contributed by atoms with Crippen LogP contribution < -0.4 is 4.90 Å². The van der Waals surface area contributed by atoms with Crippen LogP contribution in [0.3, 0.4) is 0 Å². The summed E-state index contributed by atoms with van der Waals surface area (Å²) in [6, 6.07) is 4.27. The SMILES string of the molecule is CCN([C@@H]1CCS(=O)(=O)C1)S(=O)(=O)c1ccc2c(c1)C[C@H](C)N2C(C)=O. The third-order valence-corrected chi connectivity index (χ3v) is 8.91. The molecule has 7 nitrogen and oxygen atoms in total. The van der Waals surface area contributed by atoms with E-state index in [0.717, 1.165) is 11.3 Å². The van der Waals surface area contributed by atoms with Crippen LogP contribution in [0, 0.1) is 0 Å². The highest BCUT2D eigenvalue weighted by molar-refractivity contribution is 7.92. The van der Waals surface area contributed by atoms with Crippen molar-refractivity contribution in [2.24, 2.45) is 0 Å². The summed E-state index contributed by atoms with van der Waals surface area (Å²) in [5.41, 5.74) is 1.57. The molecular formula is C17H24N2O5S2. The molecule has 0 aliphatic carbocycles. The van der Waals surface area contributed by atoms with Crippen LogP contribution in [0.2, 0.25) is 0 Å². The topological polar surface area (TPSA) is 91.8 Å². The van der Waals surface area contributed by atoms with Gasteiger partial charge in [0.05, 0.1) is 16.4 Å². The molecule has 1 aromatic carbocycles. The first-order valence-corrected chi connectivity index (χ1v) is 12.0. The first kappa shape index (κ1) is 19.3. The van der Waals surface area contributed by atoms with E-state index in [4.69, 9.17) is 0 Å². The normalized spacial score (nSPS) is 24.8. The van der Waals surface area contributed by atoms with E-state index in [1.54, 1.807) is 24.0 Å². The van der Waals surface area contributed by atoms with Gasteiger partial charge >= 0.3 is 0 Å². The second-order valence-corrected chi connectivity index (χ2v) is 11.1. The molecule has 0 unspecified atom stereocenters. The first-order chi connectivity index (χ1) is 12.1. The molecule has 0 spiro atoms. The minimum atomic E-state index is -3.80. The number of sulfone groups is 1. The van der Waals surface area contributed by atoms with Crippen LogP contribution in [0.15, 0.2) is 23.1 Å². The Balaban J connectivity index is 1.96. The summed E-state index contributed by atoms with van der Waals surface area (Å²) >= 11 is 0. The number of carbonyl (C=O) groups is 1. The van der Waals surface area contributed by atoms with E-state index < -0.39 is 25.9 Å². The molecule has 1 fully saturated rings. The van der Waals surface area contributed by atoms with Gasteiger partial charge in [-0.2, -0.15) is 4.31 Å². The lowest BCUT2D eigenvalue weighted by atomic mass is 10.1. The van der Waals surface area contributed by atoms with E-state index in [9.17, 15) is 21.6 Å². The smallest absolute Gasteiger partial charge is 0.243 e. The number of hydrogen-bond donors (Lipinski definition) is 0. The Bertz CT molecular complexity index is 940. The van der Waals surface area contributed by atoms with Gasteiger partial charge in [-0.05, 0) is 43.5 Å². The summed E-state index contributed by atoms with van der Waals surface area (Å²) in [4.78, 5) is 13.7. The van der Waals surface area contributed by atoms with Crippen LogP contribution >= 0.6 is 0 Å². The van der Waals surface area contributed by atoms with Gasteiger partial charge in [-0.15, -0.1) is 0 Å². The van der Waals surface area contributed by atoms with Gasteiger partial charge in [0, 0.05) is 31.2 Å². The Morgan fingerprint density at radius 2 is 2.04 bits per heavy atom. The number of hydrogen-bond acceptors (Lipinski definition) is 5. The molecule has 0 bridgehead atoms. The van der Waals surface area contributed by atoms with Crippen molar-refractivity contribution in [3.63, 3.8) is 0 Å². The summed E-state index contributed by atoms with van der Waals surface area (Å²) in [6.45, 7) is 5.36. The van der Waals surface area contributed by atoms with Crippen molar-refractivity contribution in [1.29, 1.82) is 0 Å². The molecule has 144 valence electrons. The number of benzene rings is 1. The summed E-state index contributed by atoms with van der Waals surface area (Å²) < 4.78 is 51.0. The van der Waals surface area contributed by atoms with Gasteiger partial charge in [-0.3, -0.25) is 4.79 Å². The maximum absolute atomic E-state index is 13.1.